The third-order valence-corrected chi connectivity index (χ3v) is 6.47. The Labute approximate surface area is 176 Å². The summed E-state index contributed by atoms with van der Waals surface area (Å²) in [6.07, 6.45) is -3.46. The highest BCUT2D eigenvalue weighted by atomic mass is 32.2. The van der Waals surface area contributed by atoms with Crippen LogP contribution in [0.3, 0.4) is 0 Å². The van der Waals surface area contributed by atoms with Crippen molar-refractivity contribution < 1.29 is 35.5 Å². The molecular formula is C20H20F4N2O4S. The molecule has 11 heteroatoms. The number of nitrogens with one attached hydrogen (secondary N) is 1. The van der Waals surface area contributed by atoms with Crippen molar-refractivity contribution >= 4 is 21.6 Å². The Balaban J connectivity index is 1.87. The number of rotatable bonds is 7. The van der Waals surface area contributed by atoms with Gasteiger partial charge >= 0.3 is 6.18 Å². The highest BCUT2D eigenvalue weighted by Gasteiger charge is 2.31. The van der Waals surface area contributed by atoms with Crippen LogP contribution in [0.15, 0.2) is 47.4 Å². The van der Waals surface area contributed by atoms with Crippen LogP contribution in [0.25, 0.3) is 0 Å². The topological polar surface area (TPSA) is 75.7 Å². The molecule has 0 aromatic heterocycles. The second kappa shape index (κ2) is 9.23. The van der Waals surface area contributed by atoms with Gasteiger partial charge in [0.15, 0.2) is 6.61 Å². The van der Waals surface area contributed by atoms with E-state index in [0.29, 0.717) is 31.5 Å². The molecule has 1 N–H and O–H groups in total. The van der Waals surface area contributed by atoms with Crippen molar-refractivity contribution in [1.29, 1.82) is 0 Å². The number of nitrogens with zero attached hydrogens (tertiary/aromatic N) is 1. The van der Waals surface area contributed by atoms with Gasteiger partial charge in [-0.3, -0.25) is 4.79 Å². The van der Waals surface area contributed by atoms with Gasteiger partial charge in [-0.05, 0) is 48.7 Å². The van der Waals surface area contributed by atoms with E-state index in [1.54, 1.807) is 0 Å². The van der Waals surface area contributed by atoms with E-state index < -0.39 is 34.5 Å². The quantitative estimate of drug-likeness (QED) is 0.639. The molecule has 31 heavy (non-hydrogen) atoms. The first-order chi connectivity index (χ1) is 14.5. The minimum atomic E-state index is -4.62. The number of ether oxygens (including phenoxy) is 1. The third-order valence-electron chi connectivity index (χ3n) is 4.57. The van der Waals surface area contributed by atoms with Gasteiger partial charge in [-0.15, -0.1) is 0 Å². The van der Waals surface area contributed by atoms with Gasteiger partial charge in [0, 0.05) is 13.1 Å². The lowest BCUT2D eigenvalue weighted by molar-refractivity contribution is -0.153. The predicted octanol–water partition coefficient (Wildman–Crippen LogP) is 3.73. The second-order valence-corrected chi connectivity index (χ2v) is 8.97. The Kier molecular flexibility index (Phi) is 6.85. The minimum absolute atomic E-state index is 0.171. The lowest BCUT2D eigenvalue weighted by Gasteiger charge is -2.18. The Bertz CT molecular complexity index is 1050. The van der Waals surface area contributed by atoms with Crippen LogP contribution in [0, 0.1) is 5.82 Å². The number of hydrogen-bond acceptors (Lipinski definition) is 4. The average Bonchev–Trinajstić information content (AvgIpc) is 3.22. The van der Waals surface area contributed by atoms with E-state index in [0.717, 1.165) is 24.3 Å². The first kappa shape index (κ1) is 23.0. The van der Waals surface area contributed by atoms with Gasteiger partial charge in [-0.25, -0.2) is 12.8 Å². The molecule has 2 aromatic carbocycles. The Morgan fingerprint density at radius 2 is 1.81 bits per heavy atom. The smallest absolute Gasteiger partial charge is 0.422 e. The normalized spacial score (nSPS) is 15.1. The fourth-order valence-corrected chi connectivity index (χ4v) is 4.70. The monoisotopic (exact) mass is 460 g/mol. The molecule has 0 bridgehead atoms. The zero-order valence-electron chi connectivity index (χ0n) is 16.3. The molecule has 0 radical (unpaired) electrons. The number of carbonyl (C=O) groups is 1. The molecule has 1 heterocycles. The van der Waals surface area contributed by atoms with Crippen molar-refractivity contribution in [3.63, 3.8) is 0 Å². The molecule has 1 aliphatic rings. The summed E-state index contributed by atoms with van der Waals surface area (Å²) in [6.45, 7) is -0.927. The van der Waals surface area contributed by atoms with Gasteiger partial charge < -0.3 is 10.1 Å². The van der Waals surface area contributed by atoms with Crippen molar-refractivity contribution in [3.05, 3.63) is 53.8 Å². The molecule has 1 saturated heterocycles. The van der Waals surface area contributed by atoms with Crippen molar-refractivity contribution in [2.45, 2.75) is 30.3 Å². The number of carbonyl (C=O) groups excluding carboxylic acids is 1. The number of sulfonamides is 1. The summed E-state index contributed by atoms with van der Waals surface area (Å²) >= 11 is 0. The molecule has 3 rings (SSSR count). The Morgan fingerprint density at radius 1 is 1.10 bits per heavy atom. The van der Waals surface area contributed by atoms with Gasteiger partial charge in [0.05, 0.1) is 17.0 Å². The summed E-state index contributed by atoms with van der Waals surface area (Å²) in [5.74, 6) is -1.54. The summed E-state index contributed by atoms with van der Waals surface area (Å²) in [5, 5.41) is 2.38. The number of halogens is 4. The summed E-state index contributed by atoms with van der Waals surface area (Å²) in [5.41, 5.74) is 0.127. The van der Waals surface area contributed by atoms with Gasteiger partial charge in [-0.1, -0.05) is 12.1 Å². The van der Waals surface area contributed by atoms with Crippen molar-refractivity contribution in [3.8, 4) is 5.75 Å². The highest BCUT2D eigenvalue weighted by molar-refractivity contribution is 7.89. The van der Waals surface area contributed by atoms with Crippen molar-refractivity contribution in [2.75, 3.05) is 25.0 Å². The fraction of sp³-hybridized carbons (Fsp3) is 0.350. The van der Waals surface area contributed by atoms with E-state index in [-0.39, 0.29) is 22.8 Å². The number of anilines is 1. The SMILES string of the molecule is O=C(Cc1cccc(F)c1)Nc1cc(S(=O)(=O)N2CCCC2)ccc1OCC(F)(F)F. The number of hydrogen-bond donors (Lipinski definition) is 1. The maximum Gasteiger partial charge on any atom is 0.422 e. The Hall–Kier alpha value is -2.66. The molecule has 0 unspecified atom stereocenters. The van der Waals surface area contributed by atoms with E-state index in [1.165, 1.54) is 22.5 Å². The van der Waals surface area contributed by atoms with Gasteiger partial charge in [-0.2, -0.15) is 17.5 Å². The second-order valence-electron chi connectivity index (χ2n) is 7.03. The number of amides is 1. The maximum atomic E-state index is 13.3. The molecule has 0 aliphatic carbocycles. The van der Waals surface area contributed by atoms with E-state index in [2.05, 4.69) is 5.32 Å². The predicted molar refractivity (Wildman–Crippen MR) is 105 cm³/mol. The molecule has 1 aliphatic heterocycles. The molecule has 168 valence electrons. The molecule has 1 fully saturated rings. The van der Waals surface area contributed by atoms with Crippen molar-refractivity contribution in [2.24, 2.45) is 0 Å². The fourth-order valence-electron chi connectivity index (χ4n) is 3.16. The summed E-state index contributed by atoms with van der Waals surface area (Å²) in [6, 6.07) is 8.57. The molecule has 0 saturated carbocycles. The van der Waals surface area contributed by atoms with Crippen molar-refractivity contribution in [1.82, 2.24) is 4.31 Å². The van der Waals surface area contributed by atoms with Crippen LogP contribution in [0.5, 0.6) is 5.75 Å². The summed E-state index contributed by atoms with van der Waals surface area (Å²) < 4.78 is 82.7. The van der Waals surface area contributed by atoms with E-state index >= 15 is 0 Å². The number of alkyl halides is 3. The van der Waals surface area contributed by atoms with Crippen LogP contribution in [0.1, 0.15) is 18.4 Å². The first-order valence-electron chi connectivity index (χ1n) is 9.43. The third kappa shape index (κ3) is 6.17. The average molecular weight is 460 g/mol. The molecular weight excluding hydrogens is 440 g/mol. The lowest BCUT2D eigenvalue weighted by Crippen LogP contribution is -2.28. The van der Waals surface area contributed by atoms with Gasteiger partial charge in [0.25, 0.3) is 0 Å². The molecule has 0 spiro atoms. The summed E-state index contributed by atoms with van der Waals surface area (Å²) in [4.78, 5) is 12.2. The first-order valence-corrected chi connectivity index (χ1v) is 10.9. The minimum Gasteiger partial charge on any atom is -0.482 e. The standard InChI is InChI=1S/C20H20F4N2O4S/c21-15-5-3-4-14(10-15)11-19(27)25-17-12-16(31(28,29)26-8-1-2-9-26)6-7-18(17)30-13-20(22,23)24/h3-7,10,12H,1-2,8-9,11,13H2,(H,25,27). The summed E-state index contributed by atoms with van der Waals surface area (Å²) in [7, 11) is -3.87. The maximum absolute atomic E-state index is 13.3. The molecule has 1 amide bonds. The molecule has 2 aromatic rings. The molecule has 0 atom stereocenters. The van der Waals surface area contributed by atoms with E-state index in [1.807, 2.05) is 0 Å². The van der Waals surface area contributed by atoms with E-state index in [4.69, 9.17) is 4.74 Å². The Morgan fingerprint density at radius 3 is 2.45 bits per heavy atom. The van der Waals surface area contributed by atoms with Gasteiger partial charge in [0.2, 0.25) is 15.9 Å². The van der Waals surface area contributed by atoms with Crippen LogP contribution in [-0.2, 0) is 21.2 Å². The lowest BCUT2D eigenvalue weighted by atomic mass is 10.1. The molecule has 6 nitrogen and oxygen atoms in total. The largest absolute Gasteiger partial charge is 0.482 e. The number of benzene rings is 2. The highest BCUT2D eigenvalue weighted by Crippen LogP contribution is 2.31. The van der Waals surface area contributed by atoms with Crippen LogP contribution < -0.4 is 10.1 Å². The van der Waals surface area contributed by atoms with Crippen LogP contribution in [0.4, 0.5) is 23.2 Å². The van der Waals surface area contributed by atoms with Crippen LogP contribution in [0.2, 0.25) is 0 Å². The van der Waals surface area contributed by atoms with Gasteiger partial charge in [0.1, 0.15) is 11.6 Å². The zero-order valence-corrected chi connectivity index (χ0v) is 17.1. The van der Waals surface area contributed by atoms with Crippen LogP contribution in [-0.4, -0.2) is 44.5 Å². The van der Waals surface area contributed by atoms with Crippen LogP contribution >= 0.6 is 0 Å². The zero-order chi connectivity index (χ0) is 22.6. The van der Waals surface area contributed by atoms with E-state index in [9.17, 15) is 30.8 Å².